The summed E-state index contributed by atoms with van der Waals surface area (Å²) in [5, 5.41) is 3.12. The van der Waals surface area contributed by atoms with Gasteiger partial charge in [0.05, 0.1) is 0 Å². The first-order valence-corrected chi connectivity index (χ1v) is 7.96. The van der Waals surface area contributed by atoms with Crippen LogP contribution in [-0.2, 0) is 0 Å². The number of rotatable bonds is 4. The van der Waals surface area contributed by atoms with Crippen LogP contribution in [0.1, 0.15) is 25.7 Å². The zero-order chi connectivity index (χ0) is 13.8. The van der Waals surface area contributed by atoms with Gasteiger partial charge in [-0.15, -0.1) is 0 Å². The number of anilines is 2. The van der Waals surface area contributed by atoms with Crippen LogP contribution in [0.15, 0.2) is 18.3 Å². The van der Waals surface area contributed by atoms with Crippen molar-refractivity contribution in [2.75, 3.05) is 50.0 Å². The highest BCUT2D eigenvalue weighted by Crippen LogP contribution is 2.25. The Morgan fingerprint density at radius 2 is 1.95 bits per heavy atom. The molecule has 1 N–H and O–H groups in total. The number of hydrogen-bond acceptors (Lipinski definition) is 4. The molecule has 0 atom stereocenters. The Bertz CT molecular complexity index is 420. The smallest absolute Gasteiger partial charge is 0.127 e. The first-order chi connectivity index (χ1) is 9.85. The SMILES string of the molecule is CNc1cc(N2CCC(CN3CCCC3)CC2)ccn1. The number of nitrogens with one attached hydrogen (secondary N) is 1. The maximum atomic E-state index is 4.29. The molecule has 110 valence electrons. The zero-order valence-electron chi connectivity index (χ0n) is 12.5. The van der Waals surface area contributed by atoms with Gasteiger partial charge in [0.25, 0.3) is 0 Å². The molecule has 0 amide bonds. The molecule has 0 spiro atoms. The highest BCUT2D eigenvalue weighted by Gasteiger charge is 2.23. The fourth-order valence-corrected chi connectivity index (χ4v) is 3.46. The van der Waals surface area contributed by atoms with Crippen molar-refractivity contribution in [3.63, 3.8) is 0 Å². The van der Waals surface area contributed by atoms with E-state index >= 15 is 0 Å². The van der Waals surface area contributed by atoms with Gasteiger partial charge < -0.3 is 15.1 Å². The monoisotopic (exact) mass is 274 g/mol. The molecule has 3 rings (SSSR count). The molecule has 3 heterocycles. The van der Waals surface area contributed by atoms with Crippen LogP contribution in [0.25, 0.3) is 0 Å². The Hall–Kier alpha value is -1.29. The molecule has 2 aliphatic heterocycles. The van der Waals surface area contributed by atoms with Crippen LogP contribution in [0, 0.1) is 5.92 Å². The van der Waals surface area contributed by atoms with Crippen LogP contribution >= 0.6 is 0 Å². The van der Waals surface area contributed by atoms with Crippen LogP contribution in [-0.4, -0.2) is 49.7 Å². The Kier molecular flexibility index (Phi) is 4.41. The maximum absolute atomic E-state index is 4.29. The van der Waals surface area contributed by atoms with Gasteiger partial charge >= 0.3 is 0 Å². The first kappa shape index (κ1) is 13.7. The number of likely N-dealkylation sites (tertiary alicyclic amines) is 1. The minimum absolute atomic E-state index is 0.898. The Morgan fingerprint density at radius 1 is 1.20 bits per heavy atom. The van der Waals surface area contributed by atoms with Crippen LogP contribution in [0.4, 0.5) is 11.5 Å². The third kappa shape index (κ3) is 3.23. The summed E-state index contributed by atoms with van der Waals surface area (Å²) in [6.07, 6.45) is 7.37. The van der Waals surface area contributed by atoms with Gasteiger partial charge in [0.2, 0.25) is 0 Å². The molecule has 20 heavy (non-hydrogen) atoms. The fraction of sp³-hybridized carbons (Fsp3) is 0.688. The zero-order valence-corrected chi connectivity index (χ0v) is 12.5. The molecule has 4 nitrogen and oxygen atoms in total. The number of nitrogens with zero attached hydrogens (tertiary/aromatic N) is 3. The van der Waals surface area contributed by atoms with Crippen molar-refractivity contribution >= 4 is 11.5 Å². The molecular weight excluding hydrogens is 248 g/mol. The van der Waals surface area contributed by atoms with Crippen molar-refractivity contribution in [1.29, 1.82) is 0 Å². The first-order valence-electron chi connectivity index (χ1n) is 7.96. The van der Waals surface area contributed by atoms with E-state index in [1.54, 1.807) is 0 Å². The lowest BCUT2D eigenvalue weighted by Gasteiger charge is -2.35. The van der Waals surface area contributed by atoms with E-state index in [2.05, 4.69) is 32.2 Å². The lowest BCUT2D eigenvalue weighted by Crippen LogP contribution is -2.38. The maximum Gasteiger partial charge on any atom is 0.127 e. The molecule has 2 fully saturated rings. The van der Waals surface area contributed by atoms with Gasteiger partial charge in [-0.3, -0.25) is 0 Å². The van der Waals surface area contributed by atoms with Crippen molar-refractivity contribution in [2.24, 2.45) is 5.92 Å². The van der Waals surface area contributed by atoms with E-state index in [1.165, 1.54) is 64.1 Å². The highest BCUT2D eigenvalue weighted by atomic mass is 15.2. The molecule has 0 unspecified atom stereocenters. The molecule has 0 aromatic carbocycles. The van der Waals surface area contributed by atoms with Crippen molar-refractivity contribution in [2.45, 2.75) is 25.7 Å². The number of hydrogen-bond donors (Lipinski definition) is 1. The van der Waals surface area contributed by atoms with Gasteiger partial charge in [-0.2, -0.15) is 0 Å². The normalized spacial score (nSPS) is 21.4. The molecule has 0 bridgehead atoms. The van der Waals surface area contributed by atoms with Gasteiger partial charge in [-0.1, -0.05) is 0 Å². The largest absolute Gasteiger partial charge is 0.373 e. The summed E-state index contributed by atoms with van der Waals surface area (Å²) in [7, 11) is 1.92. The third-order valence-electron chi connectivity index (χ3n) is 4.69. The molecule has 2 aliphatic rings. The number of aromatic nitrogens is 1. The van der Waals surface area contributed by atoms with E-state index in [1.807, 2.05) is 13.2 Å². The third-order valence-corrected chi connectivity index (χ3v) is 4.69. The van der Waals surface area contributed by atoms with Crippen LogP contribution < -0.4 is 10.2 Å². The Balaban J connectivity index is 1.52. The van der Waals surface area contributed by atoms with Crippen LogP contribution in [0.2, 0.25) is 0 Å². The quantitative estimate of drug-likeness (QED) is 0.914. The van der Waals surface area contributed by atoms with Crippen molar-refractivity contribution < 1.29 is 0 Å². The number of piperidine rings is 1. The topological polar surface area (TPSA) is 31.4 Å². The van der Waals surface area contributed by atoms with Gasteiger partial charge in [-0.25, -0.2) is 4.98 Å². The minimum Gasteiger partial charge on any atom is -0.373 e. The highest BCUT2D eigenvalue weighted by molar-refractivity contribution is 5.53. The summed E-state index contributed by atoms with van der Waals surface area (Å²) in [5.74, 6) is 1.86. The van der Waals surface area contributed by atoms with Crippen molar-refractivity contribution in [3.05, 3.63) is 18.3 Å². The summed E-state index contributed by atoms with van der Waals surface area (Å²) in [6, 6.07) is 4.28. The minimum atomic E-state index is 0.898. The summed E-state index contributed by atoms with van der Waals surface area (Å²) in [5.41, 5.74) is 1.31. The molecular formula is C16H26N4. The van der Waals surface area contributed by atoms with E-state index in [0.29, 0.717) is 0 Å². The second-order valence-electron chi connectivity index (χ2n) is 6.09. The number of pyridine rings is 1. The molecule has 1 aromatic rings. The molecule has 1 aromatic heterocycles. The average Bonchev–Trinajstić information content (AvgIpc) is 3.01. The van der Waals surface area contributed by atoms with E-state index in [9.17, 15) is 0 Å². The second kappa shape index (κ2) is 6.44. The second-order valence-corrected chi connectivity index (χ2v) is 6.09. The molecule has 2 saturated heterocycles. The summed E-state index contributed by atoms with van der Waals surface area (Å²) < 4.78 is 0. The van der Waals surface area contributed by atoms with Crippen LogP contribution in [0.5, 0.6) is 0 Å². The summed E-state index contributed by atoms with van der Waals surface area (Å²) in [6.45, 7) is 6.36. The van der Waals surface area contributed by atoms with Crippen LogP contribution in [0.3, 0.4) is 0 Å². The van der Waals surface area contributed by atoms with E-state index < -0.39 is 0 Å². The van der Waals surface area contributed by atoms with Gasteiger partial charge in [0, 0.05) is 44.6 Å². The van der Waals surface area contributed by atoms with E-state index in [4.69, 9.17) is 0 Å². The van der Waals surface area contributed by atoms with Gasteiger partial charge in [0.15, 0.2) is 0 Å². The molecule has 0 aliphatic carbocycles. The Morgan fingerprint density at radius 3 is 2.65 bits per heavy atom. The summed E-state index contributed by atoms with van der Waals surface area (Å²) in [4.78, 5) is 9.45. The van der Waals surface area contributed by atoms with Gasteiger partial charge in [0.1, 0.15) is 5.82 Å². The predicted molar refractivity (Wildman–Crippen MR) is 84.4 cm³/mol. The fourth-order valence-electron chi connectivity index (χ4n) is 3.46. The standard InChI is InChI=1S/C16H26N4/c1-17-16-12-15(4-7-18-16)20-10-5-14(6-11-20)13-19-8-2-3-9-19/h4,7,12,14H,2-3,5-6,8-11,13H2,1H3,(H,17,18). The van der Waals surface area contributed by atoms with Crippen molar-refractivity contribution in [1.82, 2.24) is 9.88 Å². The molecule has 0 saturated carbocycles. The van der Waals surface area contributed by atoms with Gasteiger partial charge in [-0.05, 0) is 50.8 Å². The lowest BCUT2D eigenvalue weighted by molar-refractivity contribution is 0.249. The van der Waals surface area contributed by atoms with E-state index in [0.717, 1.165) is 11.7 Å². The lowest BCUT2D eigenvalue weighted by atomic mass is 9.96. The Labute approximate surface area is 122 Å². The predicted octanol–water partition coefficient (Wildman–Crippen LogP) is 2.44. The molecule has 4 heteroatoms. The average molecular weight is 274 g/mol. The van der Waals surface area contributed by atoms with Crippen molar-refractivity contribution in [3.8, 4) is 0 Å². The van der Waals surface area contributed by atoms with E-state index in [-0.39, 0.29) is 0 Å². The molecule has 0 radical (unpaired) electrons. The summed E-state index contributed by atoms with van der Waals surface area (Å²) >= 11 is 0.